The Balaban J connectivity index is 1.68. The summed E-state index contributed by atoms with van der Waals surface area (Å²) in [6.45, 7) is 0.731. The lowest BCUT2D eigenvalue weighted by molar-refractivity contribution is 0.0944. The second kappa shape index (κ2) is 7.04. The molecule has 1 heterocycles. The summed E-state index contributed by atoms with van der Waals surface area (Å²) in [5.74, 6) is -2.25. The molecule has 6 heteroatoms. The number of imidazole rings is 1. The maximum atomic E-state index is 13.6. The number of hydrogen-bond acceptors (Lipinski definition) is 2. The maximum Gasteiger partial charge on any atom is 0.254 e. The van der Waals surface area contributed by atoms with E-state index in [-0.39, 0.29) is 12.1 Å². The number of aromatic nitrogens is 2. The molecule has 0 atom stereocenters. The van der Waals surface area contributed by atoms with Crippen molar-refractivity contribution in [1.29, 1.82) is 0 Å². The molecule has 1 amide bonds. The Morgan fingerprint density at radius 1 is 1.08 bits per heavy atom. The van der Waals surface area contributed by atoms with Crippen LogP contribution in [0.2, 0.25) is 0 Å². The van der Waals surface area contributed by atoms with E-state index < -0.39 is 17.5 Å². The zero-order valence-corrected chi connectivity index (χ0v) is 12.7. The average Bonchev–Trinajstić information content (AvgIpc) is 3.03. The van der Waals surface area contributed by atoms with Gasteiger partial charge in [-0.1, -0.05) is 36.4 Å². The summed E-state index contributed by atoms with van der Waals surface area (Å²) in [6.07, 6.45) is 3.43. The Bertz CT molecular complexity index is 846. The van der Waals surface area contributed by atoms with E-state index in [1.54, 1.807) is 12.4 Å². The van der Waals surface area contributed by atoms with Crippen LogP contribution in [-0.2, 0) is 13.1 Å². The largest absolute Gasteiger partial charge is 0.345 e. The molecule has 122 valence electrons. The van der Waals surface area contributed by atoms with Gasteiger partial charge in [-0.15, -0.1) is 0 Å². The molecular formula is C18H15F2N3O. The monoisotopic (exact) mass is 327 g/mol. The van der Waals surface area contributed by atoms with Crippen LogP contribution in [0.3, 0.4) is 0 Å². The van der Waals surface area contributed by atoms with Gasteiger partial charge in [0.15, 0.2) is 11.6 Å². The van der Waals surface area contributed by atoms with Crippen LogP contribution in [-0.4, -0.2) is 15.5 Å². The number of halogens is 2. The number of nitrogens with one attached hydrogen (secondary N) is 1. The first kappa shape index (κ1) is 15.9. The first-order valence-corrected chi connectivity index (χ1v) is 7.41. The Morgan fingerprint density at radius 2 is 1.88 bits per heavy atom. The topological polar surface area (TPSA) is 46.9 Å². The van der Waals surface area contributed by atoms with Gasteiger partial charge in [0.25, 0.3) is 5.91 Å². The van der Waals surface area contributed by atoms with E-state index in [1.165, 1.54) is 12.1 Å². The number of benzene rings is 2. The molecule has 0 bridgehead atoms. The highest BCUT2D eigenvalue weighted by atomic mass is 19.2. The van der Waals surface area contributed by atoms with Crippen LogP contribution >= 0.6 is 0 Å². The number of hydrogen-bond donors (Lipinski definition) is 1. The highest BCUT2D eigenvalue weighted by molar-refractivity contribution is 5.94. The van der Waals surface area contributed by atoms with Crippen molar-refractivity contribution in [3.8, 4) is 0 Å². The van der Waals surface area contributed by atoms with Crippen molar-refractivity contribution in [2.45, 2.75) is 13.1 Å². The minimum atomic E-state index is -1.15. The van der Waals surface area contributed by atoms with Gasteiger partial charge in [0.2, 0.25) is 0 Å². The first-order chi connectivity index (χ1) is 11.6. The first-order valence-electron chi connectivity index (χ1n) is 7.41. The number of rotatable bonds is 5. The van der Waals surface area contributed by atoms with Crippen molar-refractivity contribution >= 4 is 5.91 Å². The molecule has 4 nitrogen and oxygen atoms in total. The molecular weight excluding hydrogens is 312 g/mol. The third-order valence-corrected chi connectivity index (χ3v) is 3.60. The van der Waals surface area contributed by atoms with Crippen LogP contribution in [0.4, 0.5) is 8.78 Å². The third kappa shape index (κ3) is 3.48. The van der Waals surface area contributed by atoms with E-state index in [9.17, 15) is 13.6 Å². The molecule has 0 aliphatic carbocycles. The molecule has 0 saturated heterocycles. The molecule has 0 fully saturated rings. The van der Waals surface area contributed by atoms with Gasteiger partial charge >= 0.3 is 0 Å². The van der Waals surface area contributed by atoms with Crippen molar-refractivity contribution in [3.63, 3.8) is 0 Å². The zero-order valence-electron chi connectivity index (χ0n) is 12.7. The summed E-state index contributed by atoms with van der Waals surface area (Å²) >= 11 is 0. The highest BCUT2D eigenvalue weighted by Gasteiger charge is 2.15. The fraction of sp³-hybridized carbons (Fsp3) is 0.111. The van der Waals surface area contributed by atoms with Gasteiger partial charge in [-0.25, -0.2) is 13.8 Å². The molecule has 0 radical (unpaired) electrons. The summed E-state index contributed by atoms with van der Waals surface area (Å²) in [6, 6.07) is 13.3. The van der Waals surface area contributed by atoms with Crippen LogP contribution in [0.5, 0.6) is 0 Å². The van der Waals surface area contributed by atoms with Gasteiger partial charge in [-0.2, -0.15) is 0 Å². The second-order valence-corrected chi connectivity index (χ2v) is 5.24. The molecule has 0 aliphatic heterocycles. The standard InChI is InChI=1S/C18H15F2N3O/c19-15-8-4-7-14(17(15)20)18(24)22-11-16-21-9-10-23(16)12-13-5-2-1-3-6-13/h1-10H,11-12H2,(H,22,24). The quantitative estimate of drug-likeness (QED) is 0.782. The minimum absolute atomic E-state index is 0.120. The van der Waals surface area contributed by atoms with E-state index in [0.29, 0.717) is 12.4 Å². The summed E-state index contributed by atoms with van der Waals surface area (Å²) in [5, 5.41) is 2.57. The molecule has 0 aliphatic rings. The molecule has 2 aromatic carbocycles. The van der Waals surface area contributed by atoms with Crippen molar-refractivity contribution in [2.24, 2.45) is 0 Å². The molecule has 24 heavy (non-hydrogen) atoms. The van der Waals surface area contributed by atoms with Gasteiger partial charge in [0.1, 0.15) is 5.82 Å². The predicted octanol–water partition coefficient (Wildman–Crippen LogP) is 3.14. The van der Waals surface area contributed by atoms with Crippen molar-refractivity contribution in [1.82, 2.24) is 14.9 Å². The maximum absolute atomic E-state index is 13.6. The lowest BCUT2D eigenvalue weighted by atomic mass is 10.2. The lowest BCUT2D eigenvalue weighted by Crippen LogP contribution is -2.26. The van der Waals surface area contributed by atoms with Gasteiger partial charge in [-0.3, -0.25) is 4.79 Å². The zero-order chi connectivity index (χ0) is 16.9. The number of carbonyl (C=O) groups excluding carboxylic acids is 1. The van der Waals surface area contributed by atoms with Crippen molar-refractivity contribution in [2.75, 3.05) is 0 Å². The molecule has 3 rings (SSSR count). The molecule has 1 N–H and O–H groups in total. The summed E-state index contributed by atoms with van der Waals surface area (Å²) in [4.78, 5) is 16.2. The second-order valence-electron chi connectivity index (χ2n) is 5.24. The average molecular weight is 327 g/mol. The summed E-state index contributed by atoms with van der Waals surface area (Å²) < 4.78 is 28.7. The summed E-state index contributed by atoms with van der Waals surface area (Å²) in [7, 11) is 0. The Morgan fingerprint density at radius 3 is 2.67 bits per heavy atom. The van der Waals surface area contributed by atoms with E-state index in [0.717, 1.165) is 11.6 Å². The Kier molecular flexibility index (Phi) is 4.65. The third-order valence-electron chi connectivity index (χ3n) is 3.60. The minimum Gasteiger partial charge on any atom is -0.345 e. The number of nitrogens with zero attached hydrogens (tertiary/aromatic N) is 2. The van der Waals surface area contributed by atoms with Gasteiger partial charge in [-0.05, 0) is 17.7 Å². The predicted molar refractivity (Wildman–Crippen MR) is 85.3 cm³/mol. The fourth-order valence-corrected chi connectivity index (χ4v) is 2.37. The molecule has 0 saturated carbocycles. The van der Waals surface area contributed by atoms with Gasteiger partial charge < -0.3 is 9.88 Å². The Labute approximate surface area is 137 Å². The summed E-state index contributed by atoms with van der Waals surface area (Å²) in [5.41, 5.74) is 0.774. The van der Waals surface area contributed by atoms with E-state index >= 15 is 0 Å². The lowest BCUT2D eigenvalue weighted by Gasteiger charge is -2.10. The van der Waals surface area contributed by atoms with Crippen LogP contribution in [0, 0.1) is 11.6 Å². The SMILES string of the molecule is O=C(NCc1nccn1Cc1ccccc1)c1cccc(F)c1F. The molecule has 0 unspecified atom stereocenters. The van der Waals surface area contributed by atoms with E-state index in [1.807, 2.05) is 34.9 Å². The molecule has 3 aromatic rings. The molecule has 1 aromatic heterocycles. The van der Waals surface area contributed by atoms with E-state index in [4.69, 9.17) is 0 Å². The Hall–Kier alpha value is -3.02. The fourth-order valence-electron chi connectivity index (χ4n) is 2.37. The van der Waals surface area contributed by atoms with Crippen molar-refractivity contribution < 1.29 is 13.6 Å². The van der Waals surface area contributed by atoms with Crippen LogP contribution in [0.15, 0.2) is 60.9 Å². The van der Waals surface area contributed by atoms with Gasteiger partial charge in [0, 0.05) is 18.9 Å². The van der Waals surface area contributed by atoms with E-state index in [2.05, 4.69) is 10.3 Å². The smallest absolute Gasteiger partial charge is 0.254 e. The normalized spacial score (nSPS) is 10.6. The number of amides is 1. The number of carbonyl (C=O) groups is 1. The van der Waals surface area contributed by atoms with Gasteiger partial charge in [0.05, 0.1) is 12.1 Å². The highest BCUT2D eigenvalue weighted by Crippen LogP contribution is 2.11. The van der Waals surface area contributed by atoms with Crippen molar-refractivity contribution in [3.05, 3.63) is 89.5 Å². The van der Waals surface area contributed by atoms with Crippen LogP contribution in [0.25, 0.3) is 0 Å². The molecule has 0 spiro atoms. The van der Waals surface area contributed by atoms with Crippen LogP contribution < -0.4 is 5.32 Å². The van der Waals surface area contributed by atoms with Crippen LogP contribution in [0.1, 0.15) is 21.7 Å².